The van der Waals surface area contributed by atoms with Crippen LogP contribution in [0.25, 0.3) is 0 Å². The molecular formula is C27H22F2O4. The molecule has 0 saturated heterocycles. The summed E-state index contributed by atoms with van der Waals surface area (Å²) in [5, 5.41) is 0. The van der Waals surface area contributed by atoms with Crippen LogP contribution in [0.3, 0.4) is 0 Å². The van der Waals surface area contributed by atoms with Crippen molar-refractivity contribution in [1.82, 2.24) is 0 Å². The van der Waals surface area contributed by atoms with E-state index in [1.54, 1.807) is 48.5 Å². The predicted molar refractivity (Wildman–Crippen MR) is 119 cm³/mol. The van der Waals surface area contributed by atoms with Crippen molar-refractivity contribution < 1.29 is 27.9 Å². The van der Waals surface area contributed by atoms with Gasteiger partial charge in [0.15, 0.2) is 5.78 Å². The van der Waals surface area contributed by atoms with Crippen molar-refractivity contribution >= 4 is 17.3 Å². The van der Waals surface area contributed by atoms with Crippen LogP contribution in [0.4, 0.5) is 8.78 Å². The van der Waals surface area contributed by atoms with Gasteiger partial charge in [-0.15, -0.1) is 0 Å². The Morgan fingerprint density at radius 1 is 0.848 bits per heavy atom. The number of hydrogen-bond donors (Lipinski definition) is 0. The molecule has 1 saturated carbocycles. The van der Waals surface area contributed by atoms with Crippen molar-refractivity contribution in [3.63, 3.8) is 0 Å². The number of alkyl halides is 2. The molecule has 33 heavy (non-hydrogen) atoms. The standard InChI is InChI=1S/C27H22F2O4/c1-2-33-22-13-11-21(12-14-22)26(17-27(26,28)29)16-23(30)25(32)20-10-6-9-19(15-20)24(31)18-7-4-3-5-8-18/h3-15H,2,16-17H2,1H3. The second-order valence-corrected chi connectivity index (χ2v) is 8.13. The van der Waals surface area contributed by atoms with Crippen LogP contribution in [0.15, 0.2) is 78.9 Å². The van der Waals surface area contributed by atoms with Crippen LogP contribution in [0.5, 0.6) is 5.75 Å². The zero-order valence-corrected chi connectivity index (χ0v) is 18.0. The van der Waals surface area contributed by atoms with Gasteiger partial charge in [-0.2, -0.15) is 0 Å². The number of carbonyl (C=O) groups excluding carboxylic acids is 3. The van der Waals surface area contributed by atoms with Gasteiger partial charge in [0, 0.05) is 29.5 Å². The lowest BCUT2D eigenvalue weighted by molar-refractivity contribution is -0.116. The maximum absolute atomic E-state index is 14.4. The smallest absolute Gasteiger partial charge is 0.259 e. The van der Waals surface area contributed by atoms with Crippen LogP contribution in [0.1, 0.15) is 51.6 Å². The number of Topliss-reactive ketones (excluding diaryl/α,β-unsaturated/α-hetero) is 2. The van der Waals surface area contributed by atoms with E-state index < -0.39 is 35.7 Å². The zero-order chi connectivity index (χ0) is 23.6. The van der Waals surface area contributed by atoms with Crippen molar-refractivity contribution in [3.8, 4) is 5.75 Å². The van der Waals surface area contributed by atoms with Gasteiger partial charge in [0.25, 0.3) is 5.92 Å². The molecule has 1 fully saturated rings. The third-order valence-electron chi connectivity index (χ3n) is 5.96. The van der Waals surface area contributed by atoms with E-state index in [4.69, 9.17) is 4.74 Å². The first-order chi connectivity index (χ1) is 15.8. The maximum atomic E-state index is 14.4. The van der Waals surface area contributed by atoms with Crippen LogP contribution in [-0.4, -0.2) is 29.9 Å². The number of carbonyl (C=O) groups is 3. The Balaban J connectivity index is 1.54. The van der Waals surface area contributed by atoms with Gasteiger partial charge in [0.05, 0.1) is 12.0 Å². The van der Waals surface area contributed by atoms with E-state index in [1.807, 2.05) is 6.92 Å². The summed E-state index contributed by atoms with van der Waals surface area (Å²) in [7, 11) is 0. The average molecular weight is 448 g/mol. The molecule has 1 aliphatic carbocycles. The lowest BCUT2D eigenvalue weighted by Crippen LogP contribution is -2.25. The fourth-order valence-electron chi connectivity index (χ4n) is 4.05. The summed E-state index contributed by atoms with van der Waals surface area (Å²) in [6.07, 6.45) is -1.11. The van der Waals surface area contributed by atoms with Gasteiger partial charge in [-0.05, 0) is 30.7 Å². The van der Waals surface area contributed by atoms with E-state index in [0.717, 1.165) is 0 Å². The number of ether oxygens (including phenoxy) is 1. The van der Waals surface area contributed by atoms with E-state index in [1.165, 1.54) is 30.3 Å². The number of benzene rings is 3. The monoisotopic (exact) mass is 448 g/mol. The molecule has 0 aliphatic heterocycles. The Morgan fingerprint density at radius 2 is 1.45 bits per heavy atom. The molecule has 3 aromatic rings. The lowest BCUT2D eigenvalue weighted by Gasteiger charge is -2.16. The fourth-order valence-corrected chi connectivity index (χ4v) is 4.05. The molecule has 4 nitrogen and oxygen atoms in total. The van der Waals surface area contributed by atoms with Gasteiger partial charge >= 0.3 is 0 Å². The summed E-state index contributed by atoms with van der Waals surface area (Å²) in [4.78, 5) is 38.3. The molecule has 1 unspecified atom stereocenters. The normalized spacial score (nSPS) is 18.4. The molecule has 0 aromatic heterocycles. The molecule has 1 aliphatic rings. The van der Waals surface area contributed by atoms with Gasteiger partial charge in [-0.1, -0.05) is 60.7 Å². The molecule has 0 bridgehead atoms. The first kappa shape index (κ1) is 22.5. The highest BCUT2D eigenvalue weighted by Gasteiger charge is 2.72. The van der Waals surface area contributed by atoms with E-state index in [9.17, 15) is 23.2 Å². The van der Waals surface area contributed by atoms with Crippen LogP contribution >= 0.6 is 0 Å². The van der Waals surface area contributed by atoms with Crippen LogP contribution < -0.4 is 4.74 Å². The first-order valence-electron chi connectivity index (χ1n) is 10.7. The lowest BCUT2D eigenvalue weighted by atomic mass is 9.87. The fraction of sp³-hybridized carbons (Fsp3) is 0.222. The van der Waals surface area contributed by atoms with Crippen LogP contribution in [0, 0.1) is 0 Å². The number of halogens is 2. The summed E-state index contributed by atoms with van der Waals surface area (Å²) in [6.45, 7) is 2.26. The third-order valence-corrected chi connectivity index (χ3v) is 5.96. The van der Waals surface area contributed by atoms with Gasteiger partial charge < -0.3 is 4.74 Å². The van der Waals surface area contributed by atoms with Crippen molar-refractivity contribution in [2.45, 2.75) is 31.1 Å². The molecule has 0 spiro atoms. The summed E-state index contributed by atoms with van der Waals surface area (Å²) in [6, 6.07) is 20.5. The molecule has 1 atom stereocenters. The number of hydrogen-bond acceptors (Lipinski definition) is 4. The number of rotatable bonds is 9. The van der Waals surface area contributed by atoms with Crippen molar-refractivity contribution in [2.75, 3.05) is 6.61 Å². The summed E-state index contributed by atoms with van der Waals surface area (Å²) >= 11 is 0. The van der Waals surface area contributed by atoms with Crippen molar-refractivity contribution in [2.24, 2.45) is 0 Å². The van der Waals surface area contributed by atoms with E-state index in [0.29, 0.717) is 23.5 Å². The highest BCUT2D eigenvalue weighted by molar-refractivity contribution is 6.44. The zero-order valence-electron chi connectivity index (χ0n) is 18.0. The van der Waals surface area contributed by atoms with Gasteiger partial charge in [0.2, 0.25) is 11.6 Å². The SMILES string of the molecule is CCOc1ccc(C2(CC(=O)C(=O)c3cccc(C(=O)c4ccccc4)c3)CC2(F)F)cc1. The minimum absolute atomic E-state index is 0.00703. The highest BCUT2D eigenvalue weighted by Crippen LogP contribution is 2.63. The quantitative estimate of drug-likeness (QED) is 0.323. The summed E-state index contributed by atoms with van der Waals surface area (Å²) in [5.41, 5.74) is -0.710. The van der Waals surface area contributed by atoms with E-state index in [2.05, 4.69) is 0 Å². The van der Waals surface area contributed by atoms with Gasteiger partial charge in [-0.3, -0.25) is 14.4 Å². The first-order valence-corrected chi connectivity index (χ1v) is 10.7. The Labute approximate surface area is 190 Å². The Hall–Kier alpha value is -3.67. The molecule has 0 N–H and O–H groups in total. The Morgan fingerprint density at radius 3 is 2.06 bits per heavy atom. The minimum Gasteiger partial charge on any atom is -0.494 e. The average Bonchev–Trinajstić information content (AvgIpc) is 3.40. The van der Waals surface area contributed by atoms with Crippen LogP contribution in [-0.2, 0) is 10.2 Å². The largest absolute Gasteiger partial charge is 0.494 e. The molecular weight excluding hydrogens is 426 g/mol. The van der Waals surface area contributed by atoms with Gasteiger partial charge in [-0.25, -0.2) is 8.78 Å². The van der Waals surface area contributed by atoms with Crippen molar-refractivity contribution in [1.29, 1.82) is 0 Å². The molecule has 0 heterocycles. The van der Waals surface area contributed by atoms with Crippen molar-refractivity contribution in [3.05, 3.63) is 101 Å². The molecule has 168 valence electrons. The Bertz CT molecular complexity index is 1200. The minimum atomic E-state index is -3.08. The summed E-state index contributed by atoms with van der Waals surface area (Å²) < 4.78 is 34.2. The molecule has 6 heteroatoms. The third kappa shape index (κ3) is 4.33. The topological polar surface area (TPSA) is 60.4 Å². The molecule has 0 radical (unpaired) electrons. The number of ketones is 3. The molecule has 4 rings (SSSR count). The second kappa shape index (κ2) is 8.70. The second-order valence-electron chi connectivity index (χ2n) is 8.13. The van der Waals surface area contributed by atoms with E-state index in [-0.39, 0.29) is 16.9 Å². The molecule has 3 aromatic carbocycles. The van der Waals surface area contributed by atoms with E-state index >= 15 is 0 Å². The summed E-state index contributed by atoms with van der Waals surface area (Å²) in [5.74, 6) is -4.63. The Kier molecular flexibility index (Phi) is 5.93. The maximum Gasteiger partial charge on any atom is 0.259 e. The molecule has 0 amide bonds. The van der Waals surface area contributed by atoms with Crippen LogP contribution in [0.2, 0.25) is 0 Å². The predicted octanol–water partition coefficient (Wildman–Crippen LogP) is 5.44. The highest BCUT2D eigenvalue weighted by atomic mass is 19.3. The van der Waals surface area contributed by atoms with Gasteiger partial charge in [0.1, 0.15) is 5.75 Å².